The number of ether oxygens (including phenoxy) is 2. The summed E-state index contributed by atoms with van der Waals surface area (Å²) in [6, 6.07) is 4.50. The van der Waals surface area contributed by atoms with E-state index >= 15 is 0 Å². The standard InChI is InChI=1S/C18H20ClFN2O3/c1-18(2,3)25-17(23)22-7-5-11(10-22)24-16-8-12-13(19)4-6-21-15(12)9-14(16)20/h4,6,8-9,11H,5,7,10H2,1-3H3/t11-/m0/s1. The maximum Gasteiger partial charge on any atom is 0.410 e. The van der Waals surface area contributed by atoms with Crippen LogP contribution in [0.5, 0.6) is 5.75 Å². The first-order valence-electron chi connectivity index (χ1n) is 8.11. The van der Waals surface area contributed by atoms with Gasteiger partial charge in [-0.15, -0.1) is 0 Å². The Labute approximate surface area is 150 Å². The molecular weight excluding hydrogens is 347 g/mol. The number of benzene rings is 1. The van der Waals surface area contributed by atoms with Gasteiger partial charge in [0.1, 0.15) is 11.7 Å². The smallest absolute Gasteiger partial charge is 0.410 e. The molecule has 1 atom stereocenters. The van der Waals surface area contributed by atoms with Gasteiger partial charge < -0.3 is 14.4 Å². The molecule has 0 N–H and O–H groups in total. The largest absolute Gasteiger partial charge is 0.485 e. The lowest BCUT2D eigenvalue weighted by Crippen LogP contribution is -2.36. The van der Waals surface area contributed by atoms with Crippen LogP contribution in [0.2, 0.25) is 5.02 Å². The van der Waals surface area contributed by atoms with Crippen LogP contribution in [-0.2, 0) is 4.74 Å². The Morgan fingerprint density at radius 2 is 2.16 bits per heavy atom. The molecule has 1 saturated heterocycles. The van der Waals surface area contributed by atoms with Crippen molar-refractivity contribution in [2.24, 2.45) is 0 Å². The third-order valence-corrected chi connectivity index (χ3v) is 4.16. The van der Waals surface area contributed by atoms with Crippen molar-refractivity contribution in [2.45, 2.75) is 38.9 Å². The highest BCUT2D eigenvalue weighted by Gasteiger charge is 2.31. The number of pyridine rings is 1. The van der Waals surface area contributed by atoms with E-state index in [1.54, 1.807) is 17.0 Å². The van der Waals surface area contributed by atoms with Gasteiger partial charge in [0.2, 0.25) is 0 Å². The minimum atomic E-state index is -0.551. The molecule has 1 fully saturated rings. The van der Waals surface area contributed by atoms with E-state index in [0.29, 0.717) is 35.4 Å². The maximum atomic E-state index is 14.3. The van der Waals surface area contributed by atoms with Crippen molar-refractivity contribution in [3.63, 3.8) is 0 Å². The van der Waals surface area contributed by atoms with Gasteiger partial charge in [-0.2, -0.15) is 0 Å². The number of likely N-dealkylation sites (tertiary alicyclic amines) is 1. The van der Waals surface area contributed by atoms with Crippen molar-refractivity contribution in [2.75, 3.05) is 13.1 Å². The van der Waals surface area contributed by atoms with E-state index in [2.05, 4.69) is 4.98 Å². The van der Waals surface area contributed by atoms with E-state index in [1.165, 1.54) is 12.3 Å². The predicted molar refractivity (Wildman–Crippen MR) is 93.6 cm³/mol. The summed E-state index contributed by atoms with van der Waals surface area (Å²) in [5.74, 6) is -0.392. The molecule has 1 aliphatic rings. The van der Waals surface area contributed by atoms with E-state index in [4.69, 9.17) is 21.1 Å². The average Bonchev–Trinajstić information content (AvgIpc) is 2.96. The highest BCUT2D eigenvalue weighted by molar-refractivity contribution is 6.35. The number of hydrogen-bond donors (Lipinski definition) is 0. The fourth-order valence-electron chi connectivity index (χ4n) is 2.70. The molecule has 0 spiro atoms. The van der Waals surface area contributed by atoms with Gasteiger partial charge in [0.05, 0.1) is 17.1 Å². The molecule has 0 bridgehead atoms. The fraction of sp³-hybridized carbons (Fsp3) is 0.444. The van der Waals surface area contributed by atoms with E-state index in [9.17, 15) is 9.18 Å². The van der Waals surface area contributed by atoms with Gasteiger partial charge in [-0.1, -0.05) is 11.6 Å². The number of carbonyl (C=O) groups excluding carboxylic acids is 1. The summed E-state index contributed by atoms with van der Waals surface area (Å²) in [5.41, 5.74) is -0.0799. The predicted octanol–water partition coefficient (Wildman–Crippen LogP) is 4.42. The molecule has 1 aromatic heterocycles. The summed E-state index contributed by atoms with van der Waals surface area (Å²) in [6.07, 6.45) is 1.46. The minimum absolute atomic E-state index is 0.110. The normalized spacial score (nSPS) is 17.8. The molecule has 7 heteroatoms. The lowest BCUT2D eigenvalue weighted by Gasteiger charge is -2.24. The van der Waals surface area contributed by atoms with Crippen molar-refractivity contribution in [1.29, 1.82) is 0 Å². The summed E-state index contributed by atoms with van der Waals surface area (Å²) in [7, 11) is 0. The molecular formula is C18H20ClFN2O3. The van der Waals surface area contributed by atoms with Crippen LogP contribution in [0.1, 0.15) is 27.2 Å². The second-order valence-corrected chi connectivity index (χ2v) is 7.45. The molecule has 134 valence electrons. The SMILES string of the molecule is CC(C)(C)OC(=O)N1CC[C@H](Oc2cc3c(Cl)ccnc3cc2F)C1. The van der Waals surface area contributed by atoms with Gasteiger partial charge in [0.15, 0.2) is 11.6 Å². The molecule has 2 aromatic rings. The van der Waals surface area contributed by atoms with Crippen LogP contribution in [-0.4, -0.2) is 40.8 Å². The number of rotatable bonds is 2. The summed E-state index contributed by atoms with van der Waals surface area (Å²) < 4.78 is 25.4. The Kier molecular flexibility index (Phi) is 4.73. The molecule has 3 rings (SSSR count). The summed E-state index contributed by atoms with van der Waals surface area (Å²) >= 11 is 6.14. The van der Waals surface area contributed by atoms with Crippen LogP contribution in [0.15, 0.2) is 24.4 Å². The first kappa shape index (κ1) is 17.7. The minimum Gasteiger partial charge on any atom is -0.485 e. The number of nitrogens with zero attached hydrogens (tertiary/aromatic N) is 2. The van der Waals surface area contributed by atoms with Gasteiger partial charge >= 0.3 is 6.09 Å². The molecule has 1 aromatic carbocycles. The average molecular weight is 367 g/mol. The zero-order valence-electron chi connectivity index (χ0n) is 14.4. The van der Waals surface area contributed by atoms with Crippen molar-refractivity contribution in [3.8, 4) is 5.75 Å². The van der Waals surface area contributed by atoms with Crippen molar-refractivity contribution < 1.29 is 18.7 Å². The fourth-order valence-corrected chi connectivity index (χ4v) is 2.91. The van der Waals surface area contributed by atoms with Crippen LogP contribution in [0.4, 0.5) is 9.18 Å². The lowest BCUT2D eigenvalue weighted by atomic mass is 10.2. The number of hydrogen-bond acceptors (Lipinski definition) is 4. The molecule has 25 heavy (non-hydrogen) atoms. The highest BCUT2D eigenvalue weighted by atomic mass is 35.5. The van der Waals surface area contributed by atoms with Crippen LogP contribution in [0.25, 0.3) is 10.9 Å². The van der Waals surface area contributed by atoms with E-state index in [-0.39, 0.29) is 17.9 Å². The van der Waals surface area contributed by atoms with E-state index < -0.39 is 11.4 Å². The van der Waals surface area contributed by atoms with Crippen LogP contribution >= 0.6 is 11.6 Å². The van der Waals surface area contributed by atoms with Gasteiger partial charge in [0, 0.05) is 30.6 Å². The third kappa shape index (κ3) is 4.12. The monoisotopic (exact) mass is 366 g/mol. The molecule has 0 saturated carbocycles. The van der Waals surface area contributed by atoms with Gasteiger partial charge in [-0.25, -0.2) is 9.18 Å². The van der Waals surface area contributed by atoms with Crippen molar-refractivity contribution >= 4 is 28.6 Å². The lowest BCUT2D eigenvalue weighted by molar-refractivity contribution is 0.0275. The van der Waals surface area contributed by atoms with E-state index in [0.717, 1.165) is 0 Å². The van der Waals surface area contributed by atoms with Crippen LogP contribution in [0, 0.1) is 5.82 Å². The zero-order valence-corrected chi connectivity index (χ0v) is 15.1. The Morgan fingerprint density at radius 3 is 2.88 bits per heavy atom. The molecule has 1 amide bonds. The third-order valence-electron chi connectivity index (χ3n) is 3.83. The quantitative estimate of drug-likeness (QED) is 0.789. The number of halogens is 2. The maximum absolute atomic E-state index is 14.3. The topological polar surface area (TPSA) is 51.7 Å². The number of carbonyl (C=O) groups is 1. The second-order valence-electron chi connectivity index (χ2n) is 7.05. The molecule has 0 radical (unpaired) electrons. The van der Waals surface area contributed by atoms with Gasteiger partial charge in [0.25, 0.3) is 0 Å². The Bertz CT molecular complexity index is 807. The van der Waals surface area contributed by atoms with Crippen LogP contribution < -0.4 is 4.74 Å². The van der Waals surface area contributed by atoms with Crippen molar-refractivity contribution in [1.82, 2.24) is 9.88 Å². The number of amides is 1. The van der Waals surface area contributed by atoms with E-state index in [1.807, 2.05) is 20.8 Å². The Hall–Kier alpha value is -2.08. The molecule has 2 heterocycles. The van der Waals surface area contributed by atoms with Crippen molar-refractivity contribution in [3.05, 3.63) is 35.2 Å². The van der Waals surface area contributed by atoms with Gasteiger partial charge in [-0.3, -0.25) is 4.98 Å². The van der Waals surface area contributed by atoms with Gasteiger partial charge in [-0.05, 0) is 32.9 Å². The molecule has 5 nitrogen and oxygen atoms in total. The number of aromatic nitrogens is 1. The first-order chi connectivity index (χ1) is 11.7. The Balaban J connectivity index is 1.71. The molecule has 0 aliphatic carbocycles. The summed E-state index contributed by atoms with van der Waals surface area (Å²) in [5, 5.41) is 1.11. The summed E-state index contributed by atoms with van der Waals surface area (Å²) in [6.45, 7) is 6.32. The molecule has 1 aliphatic heterocycles. The molecule has 0 unspecified atom stereocenters. The number of fused-ring (bicyclic) bond motifs is 1. The highest BCUT2D eigenvalue weighted by Crippen LogP contribution is 2.30. The Morgan fingerprint density at radius 1 is 1.40 bits per heavy atom. The zero-order chi connectivity index (χ0) is 18.2. The second kappa shape index (κ2) is 6.67. The first-order valence-corrected chi connectivity index (χ1v) is 8.49. The van der Waals surface area contributed by atoms with Crippen LogP contribution in [0.3, 0.4) is 0 Å². The summed E-state index contributed by atoms with van der Waals surface area (Å²) in [4.78, 5) is 17.8.